The molecule has 0 radical (unpaired) electrons. The van der Waals surface area contributed by atoms with Crippen LogP contribution in [0.15, 0.2) is 179 Å². The van der Waals surface area contributed by atoms with E-state index in [0.717, 1.165) is 8.95 Å². The molecule has 5 heteroatoms. The first-order valence-corrected chi connectivity index (χ1v) is 33.1. The smallest absolute Gasteiger partial charge is 0.252 e. The fourth-order valence-corrected chi connectivity index (χ4v) is 13.7. The number of hydrogen-bond donors (Lipinski definition) is 0. The third-order valence-electron chi connectivity index (χ3n) is 18.4. The number of rotatable bonds is 6. The Labute approximate surface area is 540 Å². The van der Waals surface area contributed by atoms with Crippen LogP contribution in [0.3, 0.4) is 0 Å². The van der Waals surface area contributed by atoms with Crippen molar-refractivity contribution in [2.45, 2.75) is 183 Å². The maximum Gasteiger partial charge on any atom is 0.252 e. The second-order valence-corrected chi connectivity index (χ2v) is 34.2. The number of benzene rings is 9. The molecule has 0 unspecified atom stereocenters. The average Bonchev–Trinajstić information content (AvgIpc) is 0.700. The molecule has 0 saturated carbocycles. The van der Waals surface area contributed by atoms with Crippen molar-refractivity contribution < 1.29 is 0 Å². The molecular weight excluding hydrogens is 1180 g/mol. The zero-order valence-electron chi connectivity index (χ0n) is 55.9. The van der Waals surface area contributed by atoms with Crippen LogP contribution in [-0.4, -0.2) is 6.71 Å². The summed E-state index contributed by atoms with van der Waals surface area (Å²) in [6, 6.07) is 67.1. The summed E-state index contributed by atoms with van der Waals surface area (Å²) in [6.45, 7) is 49.3. The molecule has 0 atom stereocenters. The third kappa shape index (κ3) is 11.8. The lowest BCUT2D eigenvalue weighted by Crippen LogP contribution is -2.61. The quantitative estimate of drug-likeness (QED) is 0.153. The summed E-state index contributed by atoms with van der Waals surface area (Å²) in [5.41, 5.74) is 28.7. The van der Waals surface area contributed by atoms with Crippen LogP contribution in [-0.2, 0) is 37.9 Å². The Balaban J connectivity index is 1.37. The lowest BCUT2D eigenvalue weighted by Gasteiger charge is -2.46. The van der Waals surface area contributed by atoms with Gasteiger partial charge in [-0.25, -0.2) is 0 Å². The summed E-state index contributed by atoms with van der Waals surface area (Å²) in [4.78, 5) is 5.42. The maximum atomic E-state index is 4.13. The van der Waals surface area contributed by atoms with Gasteiger partial charge in [-0.2, -0.15) is 0 Å². The molecule has 9 aromatic carbocycles. The van der Waals surface area contributed by atoms with E-state index in [9.17, 15) is 0 Å². The zero-order chi connectivity index (χ0) is 63.0. The van der Waals surface area contributed by atoms with Gasteiger partial charge in [0.15, 0.2) is 0 Å². The average molecular weight is 1280 g/mol. The first kappa shape index (κ1) is 62.2. The van der Waals surface area contributed by atoms with Crippen LogP contribution in [0.1, 0.15) is 184 Å². The normalized spacial score (nSPS) is 13.9. The van der Waals surface area contributed by atoms with Crippen LogP contribution < -0.4 is 26.2 Å². The molecule has 0 spiro atoms. The van der Waals surface area contributed by atoms with Gasteiger partial charge in [-0.15, -0.1) is 0 Å². The minimum absolute atomic E-state index is 0.0750. The van der Waals surface area contributed by atoms with E-state index in [1.165, 1.54) is 134 Å². The van der Waals surface area contributed by atoms with Crippen molar-refractivity contribution in [2.24, 2.45) is 0 Å². The summed E-state index contributed by atoms with van der Waals surface area (Å²) in [6.07, 6.45) is 0. The molecule has 0 saturated heterocycles. The Morgan fingerprint density at radius 1 is 0.264 bits per heavy atom. The summed E-state index contributed by atoms with van der Waals surface area (Å²) >= 11 is 8.26. The van der Waals surface area contributed by atoms with Crippen LogP contribution in [0.2, 0.25) is 0 Å². The Bertz CT molecular complexity index is 3770. The summed E-state index contributed by atoms with van der Waals surface area (Å²) in [7, 11) is 0. The van der Waals surface area contributed by atoms with Gasteiger partial charge in [0.1, 0.15) is 0 Å². The molecule has 2 nitrogen and oxygen atoms in total. The fourth-order valence-electron chi connectivity index (χ4n) is 13.0. The van der Waals surface area contributed by atoms with Crippen LogP contribution >= 0.6 is 31.9 Å². The van der Waals surface area contributed by atoms with Crippen molar-refractivity contribution in [3.8, 4) is 44.5 Å². The summed E-state index contributed by atoms with van der Waals surface area (Å²) < 4.78 is 2.08. The van der Waals surface area contributed by atoms with Crippen LogP contribution in [0, 0.1) is 0 Å². The highest BCUT2D eigenvalue weighted by atomic mass is 79.9. The molecule has 446 valence electrons. The van der Waals surface area contributed by atoms with E-state index >= 15 is 0 Å². The predicted molar refractivity (Wildman–Crippen MR) is 389 cm³/mol. The molecular formula is C82H91BBr2N2. The zero-order valence-corrected chi connectivity index (χ0v) is 59.1. The minimum Gasteiger partial charge on any atom is -0.310 e. The molecule has 2 aliphatic heterocycles. The lowest BCUT2D eigenvalue weighted by molar-refractivity contribution is 0.589. The number of fused-ring (bicyclic) bond motifs is 4. The standard InChI is InChI=1S/C82H91BBr2N2/c1-76(2,3)54-30-22-26-50(38-54)63-42-58(80(13,14)15)43-64(51-27-23-31-55(39-51)77(4,5)6)74(63)86-69-48-61(84)34-36-67(69)83-68-37-35-62(85)49-70(68)87(72-47-60(82(19,20)21)46-71(86)73(72)83)75-65(52-28-24-32-56(40-52)78(7,8)9)44-59(81(16,17)18)45-66(75)53-29-25-33-57(41-53)79(10,11)12/h22-49H,1-21H3. The number of nitrogens with zero attached hydrogens (tertiary/aromatic N) is 2. The van der Waals surface area contributed by atoms with Gasteiger partial charge < -0.3 is 9.80 Å². The van der Waals surface area contributed by atoms with Gasteiger partial charge in [0, 0.05) is 53.9 Å². The minimum atomic E-state index is -0.263. The van der Waals surface area contributed by atoms with Crippen LogP contribution in [0.25, 0.3) is 44.5 Å². The van der Waals surface area contributed by atoms with Crippen molar-refractivity contribution in [1.82, 2.24) is 0 Å². The molecule has 0 aromatic heterocycles. The first-order chi connectivity index (χ1) is 40.4. The predicted octanol–water partition coefficient (Wildman–Crippen LogP) is 23.0. The van der Waals surface area contributed by atoms with Gasteiger partial charge in [-0.05, 0) is 176 Å². The van der Waals surface area contributed by atoms with E-state index < -0.39 is 0 Å². The molecule has 0 N–H and O–H groups in total. The maximum absolute atomic E-state index is 4.13. The van der Waals surface area contributed by atoms with E-state index in [4.69, 9.17) is 0 Å². The second-order valence-electron chi connectivity index (χ2n) is 32.4. The Kier molecular flexibility index (Phi) is 15.5. The number of anilines is 6. The molecule has 2 aliphatic rings. The SMILES string of the molecule is CC(C)(C)c1cccc(-c2cc(C(C)(C)C)cc(-c3cccc(C(C)(C)C)c3)c2N2c3cc(Br)ccc3B3c4ccc(Br)cc4N(c4c(-c5cccc(C(C)(C)C)c5)cc(C(C)(C)C)cc4-c4cccc(C(C)(C)C)c4)c4cc(C(C)(C)C)cc2c43)c1. The first-order valence-electron chi connectivity index (χ1n) is 31.6. The Morgan fingerprint density at radius 2 is 0.517 bits per heavy atom. The molecule has 11 rings (SSSR count). The van der Waals surface area contributed by atoms with E-state index in [1.54, 1.807) is 0 Å². The van der Waals surface area contributed by atoms with E-state index in [1.807, 2.05) is 0 Å². The van der Waals surface area contributed by atoms with Crippen molar-refractivity contribution in [3.05, 3.63) is 218 Å². The van der Waals surface area contributed by atoms with Gasteiger partial charge in [0.05, 0.1) is 11.4 Å². The molecule has 0 bridgehead atoms. The van der Waals surface area contributed by atoms with E-state index in [-0.39, 0.29) is 44.6 Å². The summed E-state index contributed by atoms with van der Waals surface area (Å²) in [5.74, 6) is 0. The highest BCUT2D eigenvalue weighted by Crippen LogP contribution is 2.56. The lowest BCUT2D eigenvalue weighted by atomic mass is 9.33. The monoisotopic (exact) mass is 1270 g/mol. The Morgan fingerprint density at radius 3 is 0.770 bits per heavy atom. The summed E-state index contributed by atoms with van der Waals surface area (Å²) in [5, 5.41) is 0. The van der Waals surface area contributed by atoms with Crippen LogP contribution in [0.5, 0.6) is 0 Å². The Hall–Kier alpha value is -6.40. The van der Waals surface area contributed by atoms with Gasteiger partial charge in [0.25, 0.3) is 6.71 Å². The molecule has 0 fully saturated rings. The second kappa shape index (κ2) is 21.7. The van der Waals surface area contributed by atoms with E-state index in [2.05, 4.69) is 357 Å². The molecule has 0 aliphatic carbocycles. The molecule has 2 heterocycles. The van der Waals surface area contributed by atoms with E-state index in [0.29, 0.717) is 0 Å². The largest absolute Gasteiger partial charge is 0.310 e. The van der Waals surface area contributed by atoms with Crippen molar-refractivity contribution in [3.63, 3.8) is 0 Å². The van der Waals surface area contributed by atoms with Gasteiger partial charge in [-0.3, -0.25) is 0 Å². The topological polar surface area (TPSA) is 6.48 Å². The van der Waals surface area contributed by atoms with Gasteiger partial charge in [-0.1, -0.05) is 286 Å². The number of halogens is 2. The van der Waals surface area contributed by atoms with Crippen LogP contribution in [0.4, 0.5) is 34.1 Å². The van der Waals surface area contributed by atoms with Gasteiger partial charge >= 0.3 is 0 Å². The highest BCUT2D eigenvalue weighted by Gasteiger charge is 2.46. The molecule has 0 amide bonds. The fraction of sp³-hybridized carbons (Fsp3) is 0.341. The number of hydrogen-bond acceptors (Lipinski definition) is 2. The van der Waals surface area contributed by atoms with Gasteiger partial charge in [0.2, 0.25) is 0 Å². The van der Waals surface area contributed by atoms with Crippen molar-refractivity contribution >= 4 is 89.1 Å². The molecule has 9 aromatic rings. The van der Waals surface area contributed by atoms with Crippen molar-refractivity contribution in [2.75, 3.05) is 9.80 Å². The third-order valence-corrected chi connectivity index (χ3v) is 19.4. The molecule has 87 heavy (non-hydrogen) atoms. The van der Waals surface area contributed by atoms with Crippen molar-refractivity contribution in [1.29, 1.82) is 0 Å². The highest BCUT2D eigenvalue weighted by molar-refractivity contribution is 9.10.